The maximum atomic E-state index is 13.6. The number of carbonyl (C=O) groups is 4. The SMILES string of the molecule is CC(C)C1(OC(=O)C2C3OC4C(OC(=O)C42)C3OC(=O)CCC(=O)OC(C)C(F)(F)S(=O)(=O)O)CC2CCC1C2. The van der Waals surface area contributed by atoms with E-state index < -0.39 is 100 Å². The van der Waals surface area contributed by atoms with Gasteiger partial charge < -0.3 is 23.7 Å². The van der Waals surface area contributed by atoms with Crippen molar-refractivity contribution >= 4 is 34.0 Å². The van der Waals surface area contributed by atoms with E-state index in [1.165, 1.54) is 0 Å². The number of hydrogen-bond acceptors (Lipinski definition) is 11. The third kappa shape index (κ3) is 4.57. The number of esters is 4. The number of halogens is 2. The van der Waals surface area contributed by atoms with Crippen LogP contribution in [0.2, 0.25) is 0 Å². The van der Waals surface area contributed by atoms with Crippen LogP contribution in [0.1, 0.15) is 59.3 Å². The van der Waals surface area contributed by atoms with Gasteiger partial charge in [-0.05, 0) is 50.4 Å². The molecule has 5 fully saturated rings. The number of ether oxygens (including phenoxy) is 5. The van der Waals surface area contributed by atoms with Gasteiger partial charge in [0.15, 0.2) is 18.3 Å². The Bertz CT molecular complexity index is 1200. The summed E-state index contributed by atoms with van der Waals surface area (Å²) in [6.07, 6.45) is -4.02. The van der Waals surface area contributed by atoms with Crippen LogP contribution in [0.25, 0.3) is 0 Å². The van der Waals surface area contributed by atoms with Crippen LogP contribution in [0.4, 0.5) is 8.78 Å². The summed E-state index contributed by atoms with van der Waals surface area (Å²) in [4.78, 5) is 50.7. The Morgan fingerprint density at radius 1 is 1.10 bits per heavy atom. The van der Waals surface area contributed by atoms with Gasteiger partial charge in [-0.2, -0.15) is 17.2 Å². The van der Waals surface area contributed by atoms with Crippen molar-refractivity contribution in [2.75, 3.05) is 0 Å². The summed E-state index contributed by atoms with van der Waals surface area (Å²) in [5.74, 6) is -4.73. The van der Waals surface area contributed by atoms with E-state index >= 15 is 0 Å². The minimum atomic E-state index is -5.84. The van der Waals surface area contributed by atoms with Crippen LogP contribution < -0.4 is 0 Å². The van der Waals surface area contributed by atoms with Gasteiger partial charge >= 0.3 is 39.2 Å². The molecule has 3 aliphatic heterocycles. The van der Waals surface area contributed by atoms with Crippen molar-refractivity contribution in [3.63, 3.8) is 0 Å². The fourth-order valence-electron chi connectivity index (χ4n) is 7.22. The first-order valence-electron chi connectivity index (χ1n) is 13.4. The summed E-state index contributed by atoms with van der Waals surface area (Å²) in [5.41, 5.74) is -0.639. The largest absolute Gasteiger partial charge is 0.458 e. The summed E-state index contributed by atoms with van der Waals surface area (Å²) >= 11 is 0. The zero-order valence-corrected chi connectivity index (χ0v) is 22.9. The van der Waals surface area contributed by atoms with E-state index in [-0.39, 0.29) is 11.8 Å². The minimum absolute atomic E-state index is 0.0584. The third-order valence-electron chi connectivity index (χ3n) is 9.21. The third-order valence-corrected chi connectivity index (χ3v) is 10.2. The van der Waals surface area contributed by atoms with E-state index in [1.54, 1.807) is 0 Å². The average Bonchev–Trinajstić information content (AvgIpc) is 3.64. The maximum Gasteiger partial charge on any atom is 0.405 e. The van der Waals surface area contributed by atoms with Gasteiger partial charge in [-0.1, -0.05) is 13.8 Å². The van der Waals surface area contributed by atoms with Gasteiger partial charge in [-0.25, -0.2) is 0 Å². The van der Waals surface area contributed by atoms with Gasteiger partial charge in [0.25, 0.3) is 0 Å². The monoisotopic (exact) mass is 594 g/mol. The molecule has 2 saturated carbocycles. The highest BCUT2D eigenvalue weighted by Crippen LogP contribution is 2.57. The molecule has 0 amide bonds. The Balaban J connectivity index is 1.21. The molecule has 0 aromatic rings. The molecule has 3 saturated heterocycles. The number of rotatable bonds is 10. The van der Waals surface area contributed by atoms with Crippen molar-refractivity contribution < 1.29 is 64.6 Å². The van der Waals surface area contributed by atoms with Crippen LogP contribution >= 0.6 is 0 Å². The predicted molar refractivity (Wildman–Crippen MR) is 126 cm³/mol. The van der Waals surface area contributed by atoms with E-state index in [9.17, 15) is 36.4 Å². The molecule has 4 bridgehead atoms. The van der Waals surface area contributed by atoms with E-state index in [0.29, 0.717) is 12.8 Å². The van der Waals surface area contributed by atoms with E-state index in [1.807, 2.05) is 13.8 Å². The smallest absolute Gasteiger partial charge is 0.405 e. The van der Waals surface area contributed by atoms with Crippen LogP contribution in [0, 0.1) is 29.6 Å². The van der Waals surface area contributed by atoms with Gasteiger partial charge in [0.05, 0.1) is 12.8 Å². The summed E-state index contributed by atoms with van der Waals surface area (Å²) in [6.45, 7) is 4.58. The molecule has 5 rings (SSSR count). The van der Waals surface area contributed by atoms with Gasteiger partial charge in [-0.3, -0.25) is 23.7 Å². The summed E-state index contributed by atoms with van der Waals surface area (Å²) in [7, 11) is -5.84. The van der Waals surface area contributed by atoms with Crippen LogP contribution in [0.15, 0.2) is 0 Å². The van der Waals surface area contributed by atoms with Crippen molar-refractivity contribution in [1.82, 2.24) is 0 Å². The lowest BCUT2D eigenvalue weighted by Gasteiger charge is -2.42. The molecule has 224 valence electrons. The molecule has 40 heavy (non-hydrogen) atoms. The molecular formula is C25H32F2O12S. The Labute approximate surface area is 229 Å². The molecule has 1 N–H and O–H groups in total. The Hall–Kier alpha value is -2.39. The first kappa shape index (κ1) is 29.1. The highest BCUT2D eigenvalue weighted by atomic mass is 32.2. The lowest BCUT2D eigenvalue weighted by molar-refractivity contribution is -0.184. The summed E-state index contributed by atoms with van der Waals surface area (Å²) in [6, 6.07) is 0. The highest BCUT2D eigenvalue weighted by molar-refractivity contribution is 7.86. The topological polar surface area (TPSA) is 169 Å². The first-order valence-corrected chi connectivity index (χ1v) is 14.8. The van der Waals surface area contributed by atoms with Crippen molar-refractivity contribution in [2.45, 2.75) is 101 Å². The average molecular weight is 595 g/mol. The second-order valence-corrected chi connectivity index (χ2v) is 13.2. The number of alkyl halides is 2. The molecular weight excluding hydrogens is 562 g/mol. The van der Waals surface area contributed by atoms with E-state index in [4.69, 9.17) is 23.5 Å². The van der Waals surface area contributed by atoms with Crippen molar-refractivity contribution in [1.29, 1.82) is 0 Å². The first-order chi connectivity index (χ1) is 18.6. The molecule has 10 unspecified atom stereocenters. The van der Waals surface area contributed by atoms with Crippen LogP contribution in [0.5, 0.6) is 0 Å². The molecule has 10 atom stereocenters. The van der Waals surface area contributed by atoms with E-state index in [0.717, 1.165) is 25.7 Å². The molecule has 2 aliphatic carbocycles. The van der Waals surface area contributed by atoms with Crippen molar-refractivity contribution in [2.24, 2.45) is 29.6 Å². The van der Waals surface area contributed by atoms with Gasteiger partial charge in [0.2, 0.25) is 0 Å². The summed E-state index contributed by atoms with van der Waals surface area (Å²) in [5, 5.41) is -4.75. The number of fused-ring (bicyclic) bond motifs is 3. The van der Waals surface area contributed by atoms with Crippen molar-refractivity contribution in [3.05, 3.63) is 0 Å². The maximum absolute atomic E-state index is 13.6. The molecule has 5 aliphatic rings. The Morgan fingerprint density at radius 2 is 1.77 bits per heavy atom. The standard InChI is InChI=1S/C25H32F2O12S/c1-10(2)24(9-12-4-5-13(24)8-12)39-23(31)17-16-18-21(38-22(16)30)20(19(17)37-18)36-15(29)7-6-14(28)35-11(3)25(26,27)40(32,33)34/h10-13,16-21H,4-9H2,1-3H3,(H,32,33,34). The zero-order chi connectivity index (χ0) is 29.4. The van der Waals surface area contributed by atoms with Crippen molar-refractivity contribution in [3.8, 4) is 0 Å². The number of hydrogen-bond donors (Lipinski definition) is 1. The van der Waals surface area contributed by atoms with Gasteiger partial charge in [0, 0.05) is 0 Å². The quantitative estimate of drug-likeness (QED) is 0.221. The fraction of sp³-hybridized carbons (Fsp3) is 0.840. The lowest BCUT2D eigenvalue weighted by atomic mass is 9.75. The number of carbonyl (C=O) groups excluding carboxylic acids is 4. The fourth-order valence-corrected chi connectivity index (χ4v) is 7.68. The molecule has 0 spiro atoms. The molecule has 0 aromatic carbocycles. The Kier molecular flexibility index (Phi) is 7.18. The lowest BCUT2D eigenvalue weighted by Crippen LogP contribution is -2.52. The Morgan fingerprint density at radius 3 is 2.35 bits per heavy atom. The molecule has 15 heteroatoms. The highest BCUT2D eigenvalue weighted by Gasteiger charge is 2.72. The minimum Gasteiger partial charge on any atom is -0.458 e. The summed E-state index contributed by atoms with van der Waals surface area (Å²) < 4.78 is 84.6. The molecule has 0 radical (unpaired) electrons. The second-order valence-electron chi connectivity index (χ2n) is 11.8. The molecule has 12 nitrogen and oxygen atoms in total. The normalized spacial score (nSPS) is 38.4. The van der Waals surface area contributed by atoms with Crippen LogP contribution in [-0.2, 0) is 53.0 Å². The zero-order valence-electron chi connectivity index (χ0n) is 22.1. The van der Waals surface area contributed by atoms with Crippen LogP contribution in [-0.4, -0.2) is 78.2 Å². The van der Waals surface area contributed by atoms with Gasteiger partial charge in [-0.15, -0.1) is 0 Å². The molecule has 0 aromatic heterocycles. The predicted octanol–water partition coefficient (Wildman–Crippen LogP) is 1.79. The van der Waals surface area contributed by atoms with Gasteiger partial charge in [0.1, 0.15) is 29.6 Å². The second kappa shape index (κ2) is 9.86. The molecule has 3 heterocycles. The van der Waals surface area contributed by atoms with Crippen LogP contribution in [0.3, 0.4) is 0 Å². The van der Waals surface area contributed by atoms with E-state index in [2.05, 4.69) is 4.74 Å².